The lowest BCUT2D eigenvalue weighted by atomic mass is 9.98. The maximum absolute atomic E-state index is 14.0. The molecule has 0 heterocycles. The van der Waals surface area contributed by atoms with Crippen LogP contribution in [-0.2, 0) is 9.84 Å². The van der Waals surface area contributed by atoms with Crippen LogP contribution >= 0.6 is 0 Å². The van der Waals surface area contributed by atoms with Gasteiger partial charge in [0.2, 0.25) is 0 Å². The van der Waals surface area contributed by atoms with E-state index in [4.69, 9.17) is 0 Å². The topological polar surface area (TPSA) is 40.6 Å². The summed E-state index contributed by atoms with van der Waals surface area (Å²) in [6.45, 7) is 10.3. The molecule has 3 aromatic carbocycles. The summed E-state index contributed by atoms with van der Waals surface area (Å²) in [5.74, 6) is 0. The SMILES string of the molecule is CCCN(CCC)c1ccc(C(c2ccc(N(C)C)cc2)S(=O)(=O)c2ccc(C)cc2)c(C)c1. The zero-order valence-corrected chi connectivity index (χ0v) is 22.2. The second-order valence-corrected chi connectivity index (χ2v) is 11.3. The Morgan fingerprint density at radius 3 is 1.82 bits per heavy atom. The molecule has 0 aromatic heterocycles. The number of anilines is 2. The van der Waals surface area contributed by atoms with Gasteiger partial charge < -0.3 is 9.80 Å². The van der Waals surface area contributed by atoms with E-state index in [1.54, 1.807) is 12.1 Å². The van der Waals surface area contributed by atoms with Crippen molar-refractivity contribution >= 4 is 21.2 Å². The molecule has 0 bridgehead atoms. The summed E-state index contributed by atoms with van der Waals surface area (Å²) in [6, 6.07) is 21.3. The summed E-state index contributed by atoms with van der Waals surface area (Å²) in [7, 11) is 0.306. The Morgan fingerprint density at radius 2 is 1.32 bits per heavy atom. The molecule has 0 aliphatic carbocycles. The first kappa shape index (κ1) is 25.8. The van der Waals surface area contributed by atoms with Crippen molar-refractivity contribution in [3.8, 4) is 0 Å². The molecule has 34 heavy (non-hydrogen) atoms. The maximum atomic E-state index is 14.0. The van der Waals surface area contributed by atoms with E-state index in [-0.39, 0.29) is 0 Å². The van der Waals surface area contributed by atoms with Crippen molar-refractivity contribution in [2.45, 2.75) is 50.7 Å². The Kier molecular flexibility index (Phi) is 8.42. The van der Waals surface area contributed by atoms with Crippen LogP contribution in [0.2, 0.25) is 0 Å². The van der Waals surface area contributed by atoms with E-state index >= 15 is 0 Å². The van der Waals surface area contributed by atoms with Crippen molar-refractivity contribution in [3.05, 3.63) is 89.0 Å². The quantitative estimate of drug-likeness (QED) is 0.331. The number of benzene rings is 3. The van der Waals surface area contributed by atoms with Gasteiger partial charge in [-0.3, -0.25) is 0 Å². The van der Waals surface area contributed by atoms with Crippen LogP contribution in [0.1, 0.15) is 54.2 Å². The molecule has 0 amide bonds. The van der Waals surface area contributed by atoms with Crippen LogP contribution < -0.4 is 9.80 Å². The summed E-state index contributed by atoms with van der Waals surface area (Å²) in [5, 5.41) is -0.772. The van der Waals surface area contributed by atoms with E-state index in [0.29, 0.717) is 4.90 Å². The first-order chi connectivity index (χ1) is 16.2. The number of hydrogen-bond acceptors (Lipinski definition) is 4. The summed E-state index contributed by atoms with van der Waals surface area (Å²) >= 11 is 0. The Hall–Kier alpha value is -2.79. The molecule has 0 N–H and O–H groups in total. The number of aryl methyl sites for hydroxylation is 2. The normalized spacial score (nSPS) is 12.4. The molecule has 5 heteroatoms. The van der Waals surface area contributed by atoms with Gasteiger partial charge in [0.15, 0.2) is 9.84 Å². The van der Waals surface area contributed by atoms with E-state index in [9.17, 15) is 8.42 Å². The average Bonchev–Trinajstić information content (AvgIpc) is 2.80. The fraction of sp³-hybridized carbons (Fsp3) is 0.379. The van der Waals surface area contributed by atoms with Crippen LogP contribution in [0, 0.1) is 13.8 Å². The maximum Gasteiger partial charge on any atom is 0.189 e. The second kappa shape index (κ2) is 11.1. The summed E-state index contributed by atoms with van der Waals surface area (Å²) in [5.41, 5.74) is 5.83. The third-order valence-corrected chi connectivity index (χ3v) is 8.34. The zero-order chi connectivity index (χ0) is 24.9. The van der Waals surface area contributed by atoms with Gasteiger partial charge in [-0.25, -0.2) is 8.42 Å². The minimum absolute atomic E-state index is 0.349. The number of rotatable bonds is 10. The second-order valence-electron chi connectivity index (χ2n) is 9.25. The molecular formula is C29H38N2O2S. The molecule has 0 saturated heterocycles. The van der Waals surface area contributed by atoms with Crippen molar-refractivity contribution in [2.75, 3.05) is 37.0 Å². The fourth-order valence-electron chi connectivity index (χ4n) is 4.40. The highest BCUT2D eigenvalue weighted by molar-refractivity contribution is 7.92. The van der Waals surface area contributed by atoms with Gasteiger partial charge in [-0.1, -0.05) is 49.7 Å². The van der Waals surface area contributed by atoms with Crippen LogP contribution in [0.4, 0.5) is 11.4 Å². The van der Waals surface area contributed by atoms with Crippen molar-refractivity contribution in [1.82, 2.24) is 0 Å². The minimum Gasteiger partial charge on any atom is -0.378 e. The van der Waals surface area contributed by atoms with Gasteiger partial charge in [0.05, 0.1) is 4.90 Å². The standard InChI is InChI=1S/C29H38N2O2S/c1-7-19-31(20-8-2)26-15-18-28(23(4)21-26)29(24-11-13-25(14-12-24)30(5)6)34(32,33)27-16-9-22(3)10-17-27/h9-18,21,29H,7-8,19-20H2,1-6H3. The van der Waals surface area contributed by atoms with Crippen LogP contribution in [0.5, 0.6) is 0 Å². The van der Waals surface area contributed by atoms with Gasteiger partial charge in [-0.15, -0.1) is 0 Å². The lowest BCUT2D eigenvalue weighted by molar-refractivity contribution is 0.589. The smallest absolute Gasteiger partial charge is 0.189 e. The monoisotopic (exact) mass is 478 g/mol. The van der Waals surface area contributed by atoms with Gasteiger partial charge in [0, 0.05) is 38.6 Å². The Balaban J connectivity index is 2.14. The molecule has 0 aliphatic heterocycles. The lowest BCUT2D eigenvalue weighted by Crippen LogP contribution is -2.25. The molecule has 4 nitrogen and oxygen atoms in total. The van der Waals surface area contributed by atoms with E-state index in [0.717, 1.165) is 59.6 Å². The largest absolute Gasteiger partial charge is 0.378 e. The van der Waals surface area contributed by atoms with Crippen LogP contribution in [-0.4, -0.2) is 35.6 Å². The average molecular weight is 479 g/mol. The van der Waals surface area contributed by atoms with Crippen molar-refractivity contribution < 1.29 is 8.42 Å². The molecule has 0 spiro atoms. The van der Waals surface area contributed by atoms with E-state index in [1.165, 1.54) is 0 Å². The predicted molar refractivity (Wildman–Crippen MR) is 145 cm³/mol. The van der Waals surface area contributed by atoms with Crippen LogP contribution in [0.25, 0.3) is 0 Å². The lowest BCUT2D eigenvalue weighted by Gasteiger charge is -2.26. The fourth-order valence-corrected chi connectivity index (χ4v) is 6.30. The van der Waals surface area contributed by atoms with Gasteiger partial charge >= 0.3 is 0 Å². The Morgan fingerprint density at radius 1 is 0.765 bits per heavy atom. The van der Waals surface area contributed by atoms with Crippen molar-refractivity contribution in [3.63, 3.8) is 0 Å². The van der Waals surface area contributed by atoms with Crippen molar-refractivity contribution in [1.29, 1.82) is 0 Å². The summed E-state index contributed by atoms with van der Waals surface area (Å²) in [6.07, 6.45) is 2.15. The van der Waals surface area contributed by atoms with Crippen LogP contribution in [0.15, 0.2) is 71.6 Å². The zero-order valence-electron chi connectivity index (χ0n) is 21.4. The molecule has 0 saturated carbocycles. The Labute approximate surface area is 206 Å². The van der Waals surface area contributed by atoms with Crippen LogP contribution in [0.3, 0.4) is 0 Å². The van der Waals surface area contributed by atoms with Gasteiger partial charge in [0.25, 0.3) is 0 Å². The van der Waals surface area contributed by atoms with E-state index in [1.807, 2.05) is 75.3 Å². The Bertz CT molecular complexity index is 1180. The molecule has 0 aliphatic rings. The van der Waals surface area contributed by atoms with Gasteiger partial charge in [-0.2, -0.15) is 0 Å². The number of hydrogen-bond donors (Lipinski definition) is 0. The molecule has 1 atom stereocenters. The molecule has 0 fully saturated rings. The number of nitrogens with zero attached hydrogens (tertiary/aromatic N) is 2. The van der Waals surface area contributed by atoms with Gasteiger partial charge in [-0.05, 0) is 79.8 Å². The molecule has 0 radical (unpaired) electrons. The molecular weight excluding hydrogens is 440 g/mol. The highest BCUT2D eigenvalue weighted by atomic mass is 32.2. The third kappa shape index (κ3) is 5.64. The predicted octanol–water partition coefficient (Wildman–Crippen LogP) is 6.56. The van der Waals surface area contributed by atoms with E-state index < -0.39 is 15.1 Å². The molecule has 1 unspecified atom stereocenters. The molecule has 182 valence electrons. The molecule has 3 aromatic rings. The minimum atomic E-state index is -3.66. The van der Waals surface area contributed by atoms with E-state index in [2.05, 4.69) is 30.9 Å². The summed E-state index contributed by atoms with van der Waals surface area (Å²) in [4.78, 5) is 4.75. The van der Waals surface area contributed by atoms with Gasteiger partial charge in [0.1, 0.15) is 5.25 Å². The third-order valence-electron chi connectivity index (χ3n) is 6.26. The number of sulfone groups is 1. The highest BCUT2D eigenvalue weighted by Crippen LogP contribution is 2.38. The van der Waals surface area contributed by atoms with Crippen molar-refractivity contribution in [2.24, 2.45) is 0 Å². The highest BCUT2D eigenvalue weighted by Gasteiger charge is 2.32. The first-order valence-electron chi connectivity index (χ1n) is 12.1. The summed E-state index contributed by atoms with van der Waals surface area (Å²) < 4.78 is 28.0. The molecule has 3 rings (SSSR count). The first-order valence-corrected chi connectivity index (χ1v) is 13.7.